The summed E-state index contributed by atoms with van der Waals surface area (Å²) in [6.07, 6.45) is 0.756. The number of rotatable bonds is 5. The molecule has 2 aromatic carbocycles. The van der Waals surface area contributed by atoms with E-state index in [2.05, 4.69) is 50.2 Å². The van der Waals surface area contributed by atoms with Crippen LogP contribution in [-0.4, -0.2) is 6.54 Å². The maximum Gasteiger partial charge on any atom is 0.123 e. The first-order valence-corrected chi connectivity index (χ1v) is 8.11. The van der Waals surface area contributed by atoms with Crippen LogP contribution < -0.4 is 5.32 Å². The Balaban J connectivity index is 2.26. The van der Waals surface area contributed by atoms with E-state index in [1.165, 1.54) is 11.6 Å². The quantitative estimate of drug-likeness (QED) is 0.723. The Bertz CT molecular complexity index is 586. The highest BCUT2D eigenvalue weighted by Gasteiger charge is 2.14. The van der Waals surface area contributed by atoms with Gasteiger partial charge in [0.1, 0.15) is 5.82 Å². The van der Waals surface area contributed by atoms with Gasteiger partial charge < -0.3 is 5.32 Å². The molecule has 1 N–H and O–H groups in total. The van der Waals surface area contributed by atoms with Gasteiger partial charge in [0.15, 0.2) is 0 Å². The highest BCUT2D eigenvalue weighted by Crippen LogP contribution is 2.29. The zero-order valence-corrected chi connectivity index (χ0v) is 14.3. The number of hydrogen-bond acceptors (Lipinski definition) is 1. The van der Waals surface area contributed by atoms with Crippen LogP contribution >= 0.6 is 31.9 Å². The molecule has 4 heteroatoms. The van der Waals surface area contributed by atoms with Crippen molar-refractivity contribution in [1.29, 1.82) is 0 Å². The summed E-state index contributed by atoms with van der Waals surface area (Å²) in [5, 5.41) is 3.46. The molecule has 1 unspecified atom stereocenters. The molecule has 20 heavy (non-hydrogen) atoms. The van der Waals surface area contributed by atoms with Gasteiger partial charge in [-0.25, -0.2) is 4.39 Å². The van der Waals surface area contributed by atoms with Crippen LogP contribution in [-0.2, 0) is 6.42 Å². The third-order valence-corrected chi connectivity index (χ3v) is 4.30. The molecule has 0 bridgehead atoms. The number of likely N-dealkylation sites (N-methyl/N-ethyl adjacent to an activating group) is 1. The van der Waals surface area contributed by atoms with Crippen molar-refractivity contribution in [3.63, 3.8) is 0 Å². The van der Waals surface area contributed by atoms with Crippen LogP contribution in [0.25, 0.3) is 0 Å². The molecule has 2 aromatic rings. The molecule has 0 spiro atoms. The Morgan fingerprint density at radius 2 is 1.95 bits per heavy atom. The van der Waals surface area contributed by atoms with Crippen LogP contribution in [0.4, 0.5) is 4.39 Å². The van der Waals surface area contributed by atoms with Crippen molar-refractivity contribution < 1.29 is 4.39 Å². The Labute approximate surface area is 135 Å². The van der Waals surface area contributed by atoms with Crippen molar-refractivity contribution in [1.82, 2.24) is 5.32 Å². The standard InChI is InChI=1S/C16H16Br2FN/c1-2-20-16(9-11-4-3-5-13(19)8-11)14-7-6-12(17)10-15(14)18/h3-8,10,16,20H,2,9H2,1H3. The monoisotopic (exact) mass is 399 g/mol. The lowest BCUT2D eigenvalue weighted by atomic mass is 9.99. The summed E-state index contributed by atoms with van der Waals surface area (Å²) in [4.78, 5) is 0. The van der Waals surface area contributed by atoms with Gasteiger partial charge in [-0.15, -0.1) is 0 Å². The highest BCUT2D eigenvalue weighted by atomic mass is 79.9. The summed E-state index contributed by atoms with van der Waals surface area (Å²) in [5.41, 5.74) is 2.17. The lowest BCUT2D eigenvalue weighted by Crippen LogP contribution is -2.23. The SMILES string of the molecule is CCNC(Cc1cccc(F)c1)c1ccc(Br)cc1Br. The van der Waals surface area contributed by atoms with Crippen molar-refractivity contribution in [2.45, 2.75) is 19.4 Å². The van der Waals surface area contributed by atoms with Crippen LogP contribution in [0.2, 0.25) is 0 Å². The molecular formula is C16H16Br2FN. The third-order valence-electron chi connectivity index (χ3n) is 3.12. The van der Waals surface area contributed by atoms with Gasteiger partial charge in [-0.1, -0.05) is 57.0 Å². The molecule has 0 fully saturated rings. The van der Waals surface area contributed by atoms with Gasteiger partial charge in [-0.05, 0) is 48.4 Å². The van der Waals surface area contributed by atoms with E-state index in [1.54, 1.807) is 12.1 Å². The second-order valence-corrected chi connectivity index (χ2v) is 6.38. The molecule has 0 amide bonds. The normalized spacial score (nSPS) is 12.4. The van der Waals surface area contributed by atoms with Crippen LogP contribution in [0.5, 0.6) is 0 Å². The average molecular weight is 401 g/mol. The van der Waals surface area contributed by atoms with Gasteiger partial charge in [0.25, 0.3) is 0 Å². The van der Waals surface area contributed by atoms with Crippen molar-refractivity contribution in [2.24, 2.45) is 0 Å². The average Bonchev–Trinajstić information content (AvgIpc) is 2.38. The van der Waals surface area contributed by atoms with Crippen LogP contribution in [0.3, 0.4) is 0 Å². The summed E-state index contributed by atoms with van der Waals surface area (Å²) in [5.74, 6) is -0.187. The second kappa shape index (κ2) is 7.34. The summed E-state index contributed by atoms with van der Waals surface area (Å²) in [7, 11) is 0. The lowest BCUT2D eigenvalue weighted by Gasteiger charge is -2.20. The molecule has 0 aliphatic rings. The van der Waals surface area contributed by atoms with Crippen LogP contribution in [0, 0.1) is 5.82 Å². The van der Waals surface area contributed by atoms with E-state index in [0.717, 1.165) is 27.5 Å². The molecule has 0 saturated heterocycles. The van der Waals surface area contributed by atoms with Gasteiger partial charge in [-0.2, -0.15) is 0 Å². The minimum absolute atomic E-state index is 0.157. The molecule has 0 heterocycles. The van der Waals surface area contributed by atoms with E-state index in [9.17, 15) is 4.39 Å². The summed E-state index contributed by atoms with van der Waals surface area (Å²) in [6, 6.07) is 13.1. The van der Waals surface area contributed by atoms with Gasteiger partial charge in [-0.3, -0.25) is 0 Å². The van der Waals surface area contributed by atoms with E-state index >= 15 is 0 Å². The predicted octanol–water partition coefficient (Wildman–Crippen LogP) is 5.24. The maximum absolute atomic E-state index is 13.3. The molecule has 0 saturated carbocycles. The molecule has 2 rings (SSSR count). The van der Waals surface area contributed by atoms with Crippen molar-refractivity contribution >= 4 is 31.9 Å². The topological polar surface area (TPSA) is 12.0 Å². The molecule has 106 valence electrons. The fraction of sp³-hybridized carbons (Fsp3) is 0.250. The van der Waals surface area contributed by atoms with Gasteiger partial charge in [0.05, 0.1) is 0 Å². The Hall–Kier alpha value is -0.710. The fourth-order valence-electron chi connectivity index (χ4n) is 2.22. The van der Waals surface area contributed by atoms with Crippen LogP contribution in [0.1, 0.15) is 24.1 Å². The number of halogens is 3. The first-order chi connectivity index (χ1) is 9.60. The maximum atomic E-state index is 13.3. The Morgan fingerprint density at radius 3 is 2.60 bits per heavy atom. The first-order valence-electron chi connectivity index (χ1n) is 6.53. The van der Waals surface area contributed by atoms with Crippen molar-refractivity contribution in [3.8, 4) is 0 Å². The molecule has 0 aliphatic carbocycles. The van der Waals surface area contributed by atoms with Gasteiger partial charge in [0.2, 0.25) is 0 Å². The molecule has 1 nitrogen and oxygen atoms in total. The molecule has 1 atom stereocenters. The van der Waals surface area contributed by atoms with Crippen LogP contribution in [0.15, 0.2) is 51.4 Å². The molecule has 0 aliphatic heterocycles. The number of nitrogens with one attached hydrogen (secondary N) is 1. The minimum atomic E-state index is -0.187. The molecule has 0 radical (unpaired) electrons. The van der Waals surface area contributed by atoms with E-state index in [-0.39, 0.29) is 11.9 Å². The number of benzene rings is 2. The second-order valence-electron chi connectivity index (χ2n) is 4.61. The first kappa shape index (κ1) is 15.7. The molecular weight excluding hydrogens is 385 g/mol. The van der Waals surface area contributed by atoms with E-state index in [0.29, 0.717) is 0 Å². The summed E-state index contributed by atoms with van der Waals surface area (Å²) < 4.78 is 15.4. The number of hydrogen-bond donors (Lipinski definition) is 1. The van der Waals surface area contributed by atoms with E-state index < -0.39 is 0 Å². The Morgan fingerprint density at radius 1 is 1.15 bits per heavy atom. The minimum Gasteiger partial charge on any atom is -0.310 e. The largest absolute Gasteiger partial charge is 0.310 e. The zero-order valence-electron chi connectivity index (χ0n) is 11.2. The molecule has 0 aromatic heterocycles. The highest BCUT2D eigenvalue weighted by molar-refractivity contribution is 9.11. The Kier molecular flexibility index (Phi) is 5.75. The van der Waals surface area contributed by atoms with Gasteiger partial charge in [0, 0.05) is 15.0 Å². The van der Waals surface area contributed by atoms with E-state index in [4.69, 9.17) is 0 Å². The zero-order chi connectivity index (χ0) is 14.5. The predicted molar refractivity (Wildman–Crippen MR) is 88.4 cm³/mol. The summed E-state index contributed by atoms with van der Waals surface area (Å²) >= 11 is 7.06. The van der Waals surface area contributed by atoms with Crippen molar-refractivity contribution in [2.75, 3.05) is 6.54 Å². The van der Waals surface area contributed by atoms with E-state index in [1.807, 2.05) is 18.2 Å². The third kappa shape index (κ3) is 4.14. The van der Waals surface area contributed by atoms with Crippen molar-refractivity contribution in [3.05, 3.63) is 68.4 Å². The lowest BCUT2D eigenvalue weighted by molar-refractivity contribution is 0.545. The smallest absolute Gasteiger partial charge is 0.123 e. The fourth-order valence-corrected chi connectivity index (χ4v) is 3.55. The van der Waals surface area contributed by atoms with Gasteiger partial charge >= 0.3 is 0 Å². The summed E-state index contributed by atoms with van der Waals surface area (Å²) in [6.45, 7) is 2.94.